The van der Waals surface area contributed by atoms with E-state index in [-0.39, 0.29) is 11.3 Å². The normalized spacial score (nSPS) is 10.7. The molecule has 0 aliphatic rings. The van der Waals surface area contributed by atoms with E-state index in [2.05, 4.69) is 5.10 Å². The summed E-state index contributed by atoms with van der Waals surface area (Å²) in [4.78, 5) is 22.7. The number of carboxylic acids is 2. The van der Waals surface area contributed by atoms with Crippen LogP contribution < -0.4 is 0 Å². The van der Waals surface area contributed by atoms with E-state index < -0.39 is 11.9 Å². The maximum atomic E-state index is 11.4. The van der Waals surface area contributed by atoms with Gasteiger partial charge in [0.2, 0.25) is 0 Å². The molecule has 27 heavy (non-hydrogen) atoms. The topological polar surface area (TPSA) is 92.4 Å². The Labute approximate surface area is 156 Å². The maximum Gasteiger partial charge on any atom is 0.356 e. The largest absolute Gasteiger partial charge is 0.478 e. The Morgan fingerprint density at radius 1 is 1.00 bits per heavy atom. The fourth-order valence-electron chi connectivity index (χ4n) is 3.07. The van der Waals surface area contributed by atoms with Crippen LogP contribution in [0.3, 0.4) is 0 Å². The van der Waals surface area contributed by atoms with Crippen LogP contribution in [0.2, 0.25) is 0 Å². The summed E-state index contributed by atoms with van der Waals surface area (Å²) in [6, 6.07) is 14.4. The number of nitrogens with zero attached hydrogens (tertiary/aromatic N) is 2. The van der Waals surface area contributed by atoms with Crippen molar-refractivity contribution < 1.29 is 19.8 Å². The molecule has 0 amide bonds. The minimum Gasteiger partial charge on any atom is -0.478 e. The van der Waals surface area contributed by atoms with Gasteiger partial charge < -0.3 is 10.2 Å². The Balaban J connectivity index is 1.84. The molecule has 0 spiro atoms. The summed E-state index contributed by atoms with van der Waals surface area (Å²) in [6.45, 7) is 2.45. The Morgan fingerprint density at radius 2 is 1.70 bits per heavy atom. The van der Waals surface area contributed by atoms with Gasteiger partial charge in [0.15, 0.2) is 5.69 Å². The third-order valence-corrected chi connectivity index (χ3v) is 4.33. The van der Waals surface area contributed by atoms with Crippen molar-refractivity contribution in [3.8, 4) is 11.1 Å². The van der Waals surface area contributed by atoms with Crippen LogP contribution in [0.4, 0.5) is 0 Å². The van der Waals surface area contributed by atoms with Gasteiger partial charge in [0, 0.05) is 11.8 Å². The van der Waals surface area contributed by atoms with E-state index in [1.165, 1.54) is 0 Å². The highest BCUT2D eigenvalue weighted by Crippen LogP contribution is 2.24. The lowest BCUT2D eigenvalue weighted by atomic mass is 9.99. The van der Waals surface area contributed by atoms with Gasteiger partial charge in [0.25, 0.3) is 0 Å². The zero-order valence-electron chi connectivity index (χ0n) is 14.9. The fourth-order valence-corrected chi connectivity index (χ4v) is 3.07. The van der Waals surface area contributed by atoms with Crippen LogP contribution in [0.15, 0.2) is 54.7 Å². The van der Waals surface area contributed by atoms with Crippen LogP contribution in [-0.2, 0) is 13.0 Å². The van der Waals surface area contributed by atoms with Crippen molar-refractivity contribution in [3.63, 3.8) is 0 Å². The smallest absolute Gasteiger partial charge is 0.356 e. The van der Waals surface area contributed by atoms with Crippen LogP contribution in [0.5, 0.6) is 0 Å². The van der Waals surface area contributed by atoms with Crippen molar-refractivity contribution >= 4 is 11.9 Å². The molecule has 3 rings (SSSR count). The van der Waals surface area contributed by atoms with Crippen molar-refractivity contribution in [1.82, 2.24) is 9.78 Å². The second-order valence-electron chi connectivity index (χ2n) is 6.30. The molecule has 0 atom stereocenters. The second kappa shape index (κ2) is 7.86. The van der Waals surface area contributed by atoms with Crippen LogP contribution in [0, 0.1) is 0 Å². The third kappa shape index (κ3) is 4.06. The number of rotatable bonds is 7. The first kappa shape index (κ1) is 18.4. The number of hydrogen-bond donors (Lipinski definition) is 2. The van der Waals surface area contributed by atoms with Gasteiger partial charge in [-0.1, -0.05) is 55.8 Å². The first-order valence-corrected chi connectivity index (χ1v) is 8.71. The first-order chi connectivity index (χ1) is 13.0. The predicted octanol–water partition coefficient (Wildman–Crippen LogP) is 3.95. The summed E-state index contributed by atoms with van der Waals surface area (Å²) in [6.07, 6.45) is 3.30. The van der Waals surface area contributed by atoms with E-state index >= 15 is 0 Å². The number of aromatic nitrogens is 2. The number of aryl methyl sites for hydroxylation is 1. The van der Waals surface area contributed by atoms with Crippen LogP contribution in [-0.4, -0.2) is 31.9 Å². The third-order valence-electron chi connectivity index (χ3n) is 4.33. The van der Waals surface area contributed by atoms with E-state index in [9.17, 15) is 19.8 Å². The van der Waals surface area contributed by atoms with E-state index in [1.807, 2.05) is 37.3 Å². The number of benzene rings is 2. The molecule has 138 valence electrons. The van der Waals surface area contributed by atoms with E-state index in [1.54, 1.807) is 29.1 Å². The number of carboxylic acid groups (broad SMARTS) is 2. The Kier molecular flexibility index (Phi) is 5.35. The van der Waals surface area contributed by atoms with Gasteiger partial charge in [-0.25, -0.2) is 9.59 Å². The molecule has 0 aliphatic carbocycles. The van der Waals surface area contributed by atoms with Crippen molar-refractivity contribution in [1.29, 1.82) is 0 Å². The maximum absolute atomic E-state index is 11.4. The lowest BCUT2D eigenvalue weighted by molar-refractivity contribution is 0.0681. The van der Waals surface area contributed by atoms with Crippen LogP contribution >= 0.6 is 0 Å². The van der Waals surface area contributed by atoms with Gasteiger partial charge in [0.05, 0.1) is 12.1 Å². The van der Waals surface area contributed by atoms with Crippen molar-refractivity contribution in [2.24, 2.45) is 0 Å². The number of hydrogen-bond acceptors (Lipinski definition) is 3. The highest BCUT2D eigenvalue weighted by Gasteiger charge is 2.15. The molecule has 0 bridgehead atoms. The Hall–Kier alpha value is -3.41. The molecule has 3 aromatic rings. The molecular formula is C21H20N2O4. The molecule has 0 radical (unpaired) electrons. The molecule has 0 fully saturated rings. The molecule has 0 saturated carbocycles. The molecule has 2 N–H and O–H groups in total. The van der Waals surface area contributed by atoms with Gasteiger partial charge in [-0.05, 0) is 29.2 Å². The van der Waals surface area contributed by atoms with Gasteiger partial charge in [-0.15, -0.1) is 0 Å². The zero-order valence-corrected chi connectivity index (χ0v) is 14.9. The molecule has 2 aromatic carbocycles. The highest BCUT2D eigenvalue weighted by molar-refractivity contribution is 5.96. The summed E-state index contributed by atoms with van der Waals surface area (Å²) >= 11 is 0. The summed E-state index contributed by atoms with van der Waals surface area (Å²) < 4.78 is 1.63. The average Bonchev–Trinajstić information content (AvgIpc) is 3.05. The molecule has 6 nitrogen and oxygen atoms in total. The molecule has 6 heteroatoms. The summed E-state index contributed by atoms with van der Waals surface area (Å²) in [5, 5.41) is 22.8. The van der Waals surface area contributed by atoms with E-state index in [0.717, 1.165) is 23.1 Å². The van der Waals surface area contributed by atoms with Gasteiger partial charge in [-0.2, -0.15) is 5.10 Å². The van der Waals surface area contributed by atoms with Gasteiger partial charge >= 0.3 is 11.9 Å². The molecule has 1 aromatic heterocycles. The standard InChI is InChI=1S/C21H20N2O4/c1-2-5-16-13-23(22-19(16)21(26)27)12-14-8-10-15(11-9-14)17-6-3-4-7-18(17)20(24)25/h3-4,6-11,13H,2,5,12H2,1H3,(H,24,25)(H,26,27). The molecule has 0 unspecified atom stereocenters. The monoisotopic (exact) mass is 364 g/mol. The lowest BCUT2D eigenvalue weighted by Crippen LogP contribution is -2.04. The minimum atomic E-state index is -1.02. The number of aromatic carboxylic acids is 2. The Bertz CT molecular complexity index is 974. The SMILES string of the molecule is CCCc1cn(Cc2ccc(-c3ccccc3C(=O)O)cc2)nc1C(=O)O. The summed E-state index contributed by atoms with van der Waals surface area (Å²) in [7, 11) is 0. The van der Waals surface area contributed by atoms with Crippen LogP contribution in [0.1, 0.15) is 45.3 Å². The predicted molar refractivity (Wildman–Crippen MR) is 101 cm³/mol. The van der Waals surface area contributed by atoms with Crippen molar-refractivity contribution in [2.45, 2.75) is 26.3 Å². The van der Waals surface area contributed by atoms with Crippen molar-refractivity contribution in [3.05, 3.63) is 77.1 Å². The van der Waals surface area contributed by atoms with E-state index in [0.29, 0.717) is 18.5 Å². The second-order valence-corrected chi connectivity index (χ2v) is 6.30. The molecule has 0 aliphatic heterocycles. The first-order valence-electron chi connectivity index (χ1n) is 8.71. The number of carbonyl (C=O) groups is 2. The summed E-state index contributed by atoms with van der Waals surface area (Å²) in [5.74, 6) is -1.98. The highest BCUT2D eigenvalue weighted by atomic mass is 16.4. The van der Waals surface area contributed by atoms with Crippen molar-refractivity contribution in [2.75, 3.05) is 0 Å². The van der Waals surface area contributed by atoms with Gasteiger partial charge in [0.1, 0.15) is 0 Å². The van der Waals surface area contributed by atoms with Gasteiger partial charge in [-0.3, -0.25) is 4.68 Å². The molecular weight excluding hydrogens is 344 g/mol. The quantitative estimate of drug-likeness (QED) is 0.662. The fraction of sp³-hybridized carbons (Fsp3) is 0.190. The van der Waals surface area contributed by atoms with E-state index in [4.69, 9.17) is 0 Å². The van der Waals surface area contributed by atoms with Crippen LogP contribution in [0.25, 0.3) is 11.1 Å². The summed E-state index contributed by atoms with van der Waals surface area (Å²) in [5.41, 5.74) is 3.52. The zero-order chi connectivity index (χ0) is 19.4. The molecule has 0 saturated heterocycles. The average molecular weight is 364 g/mol. The molecule has 1 heterocycles. The Morgan fingerprint density at radius 3 is 2.33 bits per heavy atom. The lowest BCUT2D eigenvalue weighted by Gasteiger charge is -2.08. The minimum absolute atomic E-state index is 0.101.